The fourth-order valence-electron chi connectivity index (χ4n) is 3.88. The van der Waals surface area contributed by atoms with Crippen LogP contribution in [0.5, 0.6) is 5.75 Å². The van der Waals surface area contributed by atoms with Crippen LogP contribution in [0, 0.1) is 0 Å². The molecule has 0 radical (unpaired) electrons. The smallest absolute Gasteiger partial charge is 0.255 e. The van der Waals surface area contributed by atoms with Gasteiger partial charge in [-0.2, -0.15) is 0 Å². The molecule has 0 unspecified atom stereocenters. The Morgan fingerprint density at radius 3 is 2.34 bits per heavy atom. The topological polar surface area (TPSA) is 44.8 Å². The molecule has 166 valence electrons. The molecular weight excluding hydrogens is 422 g/mol. The number of hydrogen-bond acceptors (Lipinski definition) is 4. The largest absolute Gasteiger partial charge is 0.492 e. The quantitative estimate of drug-likeness (QED) is 0.530. The van der Waals surface area contributed by atoms with Crippen molar-refractivity contribution >= 4 is 28.9 Å². The molecule has 1 amide bonds. The molecule has 1 heterocycles. The average molecular weight is 450 g/mol. The first-order valence-corrected chi connectivity index (χ1v) is 11.3. The molecule has 0 saturated carbocycles. The van der Waals surface area contributed by atoms with Crippen LogP contribution in [-0.2, 0) is 6.54 Å². The first kappa shape index (κ1) is 22.2. The van der Waals surface area contributed by atoms with Crippen LogP contribution in [0.15, 0.2) is 72.8 Å². The zero-order chi connectivity index (χ0) is 22.3. The summed E-state index contributed by atoms with van der Waals surface area (Å²) < 4.78 is 5.43. The number of rotatable bonds is 7. The number of ether oxygens (including phenoxy) is 1. The molecular formula is C26H28ClN3O2. The predicted molar refractivity (Wildman–Crippen MR) is 131 cm³/mol. The lowest BCUT2D eigenvalue weighted by Crippen LogP contribution is -2.45. The lowest BCUT2D eigenvalue weighted by molar-refractivity contribution is 0.102. The maximum absolute atomic E-state index is 12.6. The molecule has 32 heavy (non-hydrogen) atoms. The van der Waals surface area contributed by atoms with Crippen LogP contribution in [0.2, 0.25) is 5.02 Å². The Labute approximate surface area is 194 Å². The van der Waals surface area contributed by atoms with Gasteiger partial charge in [0.1, 0.15) is 5.75 Å². The fourth-order valence-corrected chi connectivity index (χ4v) is 4.11. The Kier molecular flexibility index (Phi) is 7.30. The summed E-state index contributed by atoms with van der Waals surface area (Å²) in [5.74, 6) is 0.385. The molecule has 6 heteroatoms. The zero-order valence-corrected chi connectivity index (χ0v) is 19.0. The van der Waals surface area contributed by atoms with E-state index in [2.05, 4.69) is 57.6 Å². The molecule has 0 bridgehead atoms. The van der Waals surface area contributed by atoms with Crippen molar-refractivity contribution in [1.82, 2.24) is 4.90 Å². The first-order valence-electron chi connectivity index (χ1n) is 11.0. The van der Waals surface area contributed by atoms with E-state index in [0.717, 1.165) is 38.4 Å². The third kappa shape index (κ3) is 5.61. The summed E-state index contributed by atoms with van der Waals surface area (Å²) in [6.45, 7) is 7.46. The minimum atomic E-state index is -0.197. The van der Waals surface area contributed by atoms with Crippen molar-refractivity contribution in [3.8, 4) is 5.75 Å². The van der Waals surface area contributed by atoms with Gasteiger partial charge < -0.3 is 15.0 Å². The molecule has 0 aromatic heterocycles. The average Bonchev–Trinajstić information content (AvgIpc) is 2.82. The van der Waals surface area contributed by atoms with E-state index in [9.17, 15) is 4.79 Å². The van der Waals surface area contributed by atoms with Gasteiger partial charge in [-0.3, -0.25) is 9.69 Å². The molecule has 3 aromatic rings. The minimum absolute atomic E-state index is 0.197. The van der Waals surface area contributed by atoms with E-state index in [1.54, 1.807) is 18.2 Å². The van der Waals surface area contributed by atoms with Crippen molar-refractivity contribution < 1.29 is 9.53 Å². The molecule has 0 aliphatic carbocycles. The van der Waals surface area contributed by atoms with Crippen molar-refractivity contribution in [2.75, 3.05) is 43.0 Å². The Morgan fingerprint density at radius 1 is 0.969 bits per heavy atom. The van der Waals surface area contributed by atoms with Gasteiger partial charge in [0.05, 0.1) is 11.6 Å². The van der Waals surface area contributed by atoms with Crippen LogP contribution in [0.4, 0.5) is 11.4 Å². The van der Waals surface area contributed by atoms with Crippen LogP contribution in [0.1, 0.15) is 22.8 Å². The standard InChI is InChI=1S/C26H28ClN3O2/c1-2-32-25-13-8-21(18-24(25)27)26(31)28-22-9-11-23(12-10-22)30-16-14-29(15-17-30)19-20-6-4-3-5-7-20/h3-13,18H,2,14-17,19H2,1H3,(H,28,31). The number of anilines is 2. The van der Waals surface area contributed by atoms with E-state index in [4.69, 9.17) is 16.3 Å². The predicted octanol–water partition coefficient (Wildman–Crippen LogP) is 5.31. The number of nitrogens with one attached hydrogen (secondary N) is 1. The van der Waals surface area contributed by atoms with Crippen LogP contribution >= 0.6 is 11.6 Å². The highest BCUT2D eigenvalue weighted by atomic mass is 35.5. The number of amides is 1. The van der Waals surface area contributed by atoms with Gasteiger partial charge in [0.25, 0.3) is 5.91 Å². The van der Waals surface area contributed by atoms with E-state index >= 15 is 0 Å². The van der Waals surface area contributed by atoms with Crippen molar-refractivity contribution in [2.24, 2.45) is 0 Å². The maximum Gasteiger partial charge on any atom is 0.255 e. The van der Waals surface area contributed by atoms with E-state index in [-0.39, 0.29) is 5.91 Å². The Balaban J connectivity index is 1.30. The Hall–Kier alpha value is -3.02. The minimum Gasteiger partial charge on any atom is -0.492 e. The van der Waals surface area contributed by atoms with E-state index in [0.29, 0.717) is 22.9 Å². The molecule has 0 atom stereocenters. The van der Waals surface area contributed by atoms with Crippen molar-refractivity contribution in [3.05, 3.63) is 88.9 Å². The number of carbonyl (C=O) groups is 1. The second kappa shape index (κ2) is 10.5. The summed E-state index contributed by atoms with van der Waals surface area (Å²) >= 11 is 6.20. The first-order chi connectivity index (χ1) is 15.6. The second-order valence-electron chi connectivity index (χ2n) is 7.83. The lowest BCUT2D eigenvalue weighted by Gasteiger charge is -2.36. The lowest BCUT2D eigenvalue weighted by atomic mass is 10.1. The van der Waals surface area contributed by atoms with Crippen molar-refractivity contribution in [2.45, 2.75) is 13.5 Å². The number of halogens is 1. The summed E-state index contributed by atoms with van der Waals surface area (Å²) in [6, 6.07) is 23.7. The third-order valence-corrected chi connectivity index (χ3v) is 5.90. The number of hydrogen-bond donors (Lipinski definition) is 1. The van der Waals surface area contributed by atoms with Crippen LogP contribution in [0.25, 0.3) is 0 Å². The number of piperazine rings is 1. The summed E-state index contributed by atoms with van der Waals surface area (Å²) in [4.78, 5) is 17.5. The van der Waals surface area contributed by atoms with E-state index in [1.807, 2.05) is 19.1 Å². The summed E-state index contributed by atoms with van der Waals surface area (Å²) in [5.41, 5.74) is 3.78. The van der Waals surface area contributed by atoms with Crippen LogP contribution in [0.3, 0.4) is 0 Å². The highest BCUT2D eigenvalue weighted by Gasteiger charge is 2.17. The zero-order valence-electron chi connectivity index (χ0n) is 18.3. The summed E-state index contributed by atoms with van der Waals surface area (Å²) in [6.07, 6.45) is 0. The van der Waals surface area contributed by atoms with Gasteiger partial charge in [-0.15, -0.1) is 0 Å². The Morgan fingerprint density at radius 2 is 1.69 bits per heavy atom. The van der Waals surface area contributed by atoms with Gasteiger partial charge >= 0.3 is 0 Å². The summed E-state index contributed by atoms with van der Waals surface area (Å²) in [7, 11) is 0. The van der Waals surface area contributed by atoms with E-state index in [1.165, 1.54) is 11.3 Å². The number of benzene rings is 3. The molecule has 3 aromatic carbocycles. The van der Waals surface area contributed by atoms with Crippen molar-refractivity contribution in [3.63, 3.8) is 0 Å². The van der Waals surface area contributed by atoms with E-state index < -0.39 is 0 Å². The molecule has 5 nitrogen and oxygen atoms in total. The highest BCUT2D eigenvalue weighted by Crippen LogP contribution is 2.26. The molecule has 4 rings (SSSR count). The van der Waals surface area contributed by atoms with Gasteiger partial charge in [0, 0.05) is 49.7 Å². The van der Waals surface area contributed by atoms with Gasteiger partial charge in [-0.05, 0) is 55.0 Å². The van der Waals surface area contributed by atoms with Crippen LogP contribution < -0.4 is 15.0 Å². The molecule has 1 aliphatic heterocycles. The maximum atomic E-state index is 12.6. The van der Waals surface area contributed by atoms with Crippen molar-refractivity contribution in [1.29, 1.82) is 0 Å². The van der Waals surface area contributed by atoms with Gasteiger partial charge in [0.2, 0.25) is 0 Å². The number of carbonyl (C=O) groups excluding carboxylic acids is 1. The molecule has 1 fully saturated rings. The molecule has 1 N–H and O–H groups in total. The molecule has 1 aliphatic rings. The second-order valence-corrected chi connectivity index (χ2v) is 8.24. The van der Waals surface area contributed by atoms with Gasteiger partial charge in [-0.25, -0.2) is 0 Å². The number of nitrogens with zero attached hydrogens (tertiary/aromatic N) is 2. The van der Waals surface area contributed by atoms with Gasteiger partial charge in [-0.1, -0.05) is 41.9 Å². The molecule has 0 spiro atoms. The SMILES string of the molecule is CCOc1ccc(C(=O)Nc2ccc(N3CCN(Cc4ccccc4)CC3)cc2)cc1Cl. The fraction of sp³-hybridized carbons (Fsp3) is 0.269. The Bertz CT molecular complexity index is 1030. The summed E-state index contributed by atoms with van der Waals surface area (Å²) in [5, 5.41) is 3.37. The molecule has 1 saturated heterocycles. The van der Waals surface area contributed by atoms with Crippen LogP contribution in [-0.4, -0.2) is 43.6 Å². The highest BCUT2D eigenvalue weighted by molar-refractivity contribution is 6.32. The third-order valence-electron chi connectivity index (χ3n) is 5.61. The van der Waals surface area contributed by atoms with Gasteiger partial charge in [0.15, 0.2) is 0 Å². The monoisotopic (exact) mass is 449 g/mol. The normalized spacial score (nSPS) is 14.2.